The van der Waals surface area contributed by atoms with Gasteiger partial charge in [0.05, 0.1) is 15.7 Å². The van der Waals surface area contributed by atoms with Gasteiger partial charge in [-0.25, -0.2) is 0 Å². The van der Waals surface area contributed by atoms with Crippen LogP contribution in [0.25, 0.3) is 0 Å². The summed E-state index contributed by atoms with van der Waals surface area (Å²) in [5.74, 6) is 0.247. The second kappa shape index (κ2) is 7.67. The summed E-state index contributed by atoms with van der Waals surface area (Å²) in [6, 6.07) is 8.47. The summed E-state index contributed by atoms with van der Waals surface area (Å²) >= 11 is 12.1. The Morgan fingerprint density at radius 1 is 1.08 bits per heavy atom. The number of nitrogens with one attached hydrogen (secondary N) is 1. The largest absolute Gasteiger partial charge is 0.342 e. The molecule has 0 bridgehead atoms. The summed E-state index contributed by atoms with van der Waals surface area (Å²) in [6.07, 6.45) is 0.795. The molecule has 0 aliphatic carbocycles. The first kappa shape index (κ1) is 17.4. The maximum absolute atomic E-state index is 12.4. The van der Waals surface area contributed by atoms with Crippen LogP contribution in [0.2, 0.25) is 10.0 Å². The molecule has 0 atom stereocenters. The maximum Gasteiger partial charge on any atom is 0.274 e. The molecule has 0 spiro atoms. The minimum Gasteiger partial charge on any atom is -0.342 e. The smallest absolute Gasteiger partial charge is 0.274 e. The van der Waals surface area contributed by atoms with Crippen LogP contribution >= 0.6 is 23.2 Å². The van der Waals surface area contributed by atoms with Crippen molar-refractivity contribution in [3.63, 3.8) is 0 Å². The van der Waals surface area contributed by atoms with Crippen molar-refractivity contribution < 1.29 is 9.59 Å². The third-order valence-corrected chi connectivity index (χ3v) is 4.67. The van der Waals surface area contributed by atoms with Gasteiger partial charge in [-0.1, -0.05) is 29.3 Å². The number of nitrogens with zero attached hydrogens (tertiary/aromatic N) is 4. The number of benzene rings is 1. The van der Waals surface area contributed by atoms with Gasteiger partial charge < -0.3 is 15.1 Å². The zero-order chi connectivity index (χ0) is 17.8. The molecule has 1 saturated heterocycles. The molecule has 2 aromatic rings. The number of amides is 2. The number of carbonyl (C=O) groups excluding carboxylic acids is 2. The molecule has 25 heavy (non-hydrogen) atoms. The van der Waals surface area contributed by atoms with Gasteiger partial charge in [0.15, 0.2) is 11.5 Å². The Labute approximate surface area is 154 Å². The number of halogens is 2. The molecule has 3 rings (SSSR count). The van der Waals surface area contributed by atoms with Crippen LogP contribution in [0.4, 0.5) is 11.5 Å². The molecule has 1 aromatic carbocycles. The van der Waals surface area contributed by atoms with E-state index in [0.717, 1.165) is 6.41 Å². The highest BCUT2D eigenvalue weighted by molar-refractivity contribution is 6.43. The van der Waals surface area contributed by atoms with E-state index in [9.17, 15) is 9.59 Å². The molecule has 0 unspecified atom stereocenters. The van der Waals surface area contributed by atoms with Gasteiger partial charge in [-0.2, -0.15) is 0 Å². The molecule has 1 N–H and O–H groups in total. The van der Waals surface area contributed by atoms with E-state index in [1.807, 2.05) is 0 Å². The number of aromatic nitrogens is 2. The van der Waals surface area contributed by atoms with Crippen LogP contribution < -0.4 is 5.32 Å². The maximum atomic E-state index is 12.4. The number of piperazine rings is 1. The van der Waals surface area contributed by atoms with Crippen LogP contribution in [0.15, 0.2) is 30.3 Å². The van der Waals surface area contributed by atoms with Gasteiger partial charge in [-0.3, -0.25) is 9.59 Å². The Balaban J connectivity index is 1.67. The fourth-order valence-electron chi connectivity index (χ4n) is 2.44. The van der Waals surface area contributed by atoms with Gasteiger partial charge in [0.25, 0.3) is 5.91 Å². The number of rotatable bonds is 4. The number of carbonyl (C=O) groups is 2. The standard InChI is InChI=1S/C16H15Cl2N5O2/c17-11-2-1-3-12(15(11)18)19-14-5-4-13(20-21-14)16(25)23-8-6-22(10-24)7-9-23/h1-5,10H,6-9H2,(H,19,21). The lowest BCUT2D eigenvalue weighted by Crippen LogP contribution is -2.48. The summed E-state index contributed by atoms with van der Waals surface area (Å²) in [6.45, 7) is 2.01. The monoisotopic (exact) mass is 379 g/mol. The molecule has 0 saturated carbocycles. The first-order chi connectivity index (χ1) is 12.1. The van der Waals surface area contributed by atoms with E-state index in [4.69, 9.17) is 23.2 Å². The predicted octanol–water partition coefficient (Wildman–Crippen LogP) is 2.44. The van der Waals surface area contributed by atoms with Crippen molar-refractivity contribution in [1.29, 1.82) is 0 Å². The van der Waals surface area contributed by atoms with E-state index in [1.165, 1.54) is 0 Å². The molecule has 0 radical (unpaired) electrons. The predicted molar refractivity (Wildman–Crippen MR) is 95.3 cm³/mol. The van der Waals surface area contributed by atoms with Gasteiger partial charge >= 0.3 is 0 Å². The van der Waals surface area contributed by atoms with E-state index in [1.54, 1.807) is 40.1 Å². The van der Waals surface area contributed by atoms with Gasteiger partial charge in [-0.15, -0.1) is 10.2 Å². The van der Waals surface area contributed by atoms with Crippen molar-refractivity contribution in [2.75, 3.05) is 31.5 Å². The number of hydrogen-bond acceptors (Lipinski definition) is 5. The van der Waals surface area contributed by atoms with Gasteiger partial charge in [0, 0.05) is 26.2 Å². The normalized spacial score (nSPS) is 14.3. The summed E-state index contributed by atoms with van der Waals surface area (Å²) < 4.78 is 0. The van der Waals surface area contributed by atoms with Crippen LogP contribution in [0.1, 0.15) is 10.5 Å². The van der Waals surface area contributed by atoms with E-state index in [0.29, 0.717) is 47.7 Å². The second-order valence-corrected chi connectivity index (χ2v) is 6.25. The zero-order valence-electron chi connectivity index (χ0n) is 13.2. The Bertz CT molecular complexity index is 777. The highest BCUT2D eigenvalue weighted by atomic mass is 35.5. The lowest BCUT2D eigenvalue weighted by atomic mass is 10.2. The molecule has 1 aliphatic rings. The van der Waals surface area contributed by atoms with Crippen LogP contribution in [-0.4, -0.2) is 58.5 Å². The van der Waals surface area contributed by atoms with Crippen molar-refractivity contribution in [1.82, 2.24) is 20.0 Å². The van der Waals surface area contributed by atoms with Crippen LogP contribution in [0.5, 0.6) is 0 Å². The summed E-state index contributed by atoms with van der Waals surface area (Å²) in [5, 5.41) is 11.8. The molecular weight excluding hydrogens is 365 g/mol. The lowest BCUT2D eigenvalue weighted by molar-refractivity contribution is -0.119. The Kier molecular flexibility index (Phi) is 5.35. The molecule has 1 aliphatic heterocycles. The Morgan fingerprint density at radius 2 is 1.84 bits per heavy atom. The molecule has 2 amide bonds. The lowest BCUT2D eigenvalue weighted by Gasteiger charge is -2.32. The van der Waals surface area contributed by atoms with E-state index in [-0.39, 0.29) is 11.6 Å². The molecule has 2 heterocycles. The minimum absolute atomic E-state index is 0.203. The Hall–Kier alpha value is -2.38. The third kappa shape index (κ3) is 4.00. The molecular formula is C16H15Cl2N5O2. The highest BCUT2D eigenvalue weighted by Gasteiger charge is 2.22. The third-order valence-electron chi connectivity index (χ3n) is 3.85. The van der Waals surface area contributed by atoms with E-state index in [2.05, 4.69) is 15.5 Å². The number of hydrogen-bond donors (Lipinski definition) is 1. The molecule has 130 valence electrons. The van der Waals surface area contributed by atoms with Crippen molar-refractivity contribution >= 4 is 47.0 Å². The second-order valence-electron chi connectivity index (χ2n) is 5.46. The Morgan fingerprint density at radius 3 is 2.48 bits per heavy atom. The van der Waals surface area contributed by atoms with E-state index >= 15 is 0 Å². The zero-order valence-corrected chi connectivity index (χ0v) is 14.7. The number of anilines is 2. The van der Waals surface area contributed by atoms with Gasteiger partial charge in [0.2, 0.25) is 6.41 Å². The van der Waals surface area contributed by atoms with Crippen LogP contribution in [0.3, 0.4) is 0 Å². The summed E-state index contributed by atoms with van der Waals surface area (Å²) in [4.78, 5) is 26.4. The van der Waals surface area contributed by atoms with Gasteiger partial charge in [-0.05, 0) is 24.3 Å². The fourth-order valence-corrected chi connectivity index (χ4v) is 2.79. The van der Waals surface area contributed by atoms with Crippen molar-refractivity contribution in [2.24, 2.45) is 0 Å². The molecule has 1 aromatic heterocycles. The fraction of sp³-hybridized carbons (Fsp3) is 0.250. The first-order valence-corrected chi connectivity index (χ1v) is 8.37. The van der Waals surface area contributed by atoms with Gasteiger partial charge in [0.1, 0.15) is 0 Å². The molecule has 9 heteroatoms. The summed E-state index contributed by atoms with van der Waals surface area (Å²) in [5.41, 5.74) is 0.856. The van der Waals surface area contributed by atoms with Crippen molar-refractivity contribution in [2.45, 2.75) is 0 Å². The summed E-state index contributed by atoms with van der Waals surface area (Å²) in [7, 11) is 0. The molecule has 1 fully saturated rings. The topological polar surface area (TPSA) is 78.4 Å². The highest BCUT2D eigenvalue weighted by Crippen LogP contribution is 2.31. The minimum atomic E-state index is -0.203. The van der Waals surface area contributed by atoms with Crippen LogP contribution in [0, 0.1) is 0 Å². The van der Waals surface area contributed by atoms with E-state index < -0.39 is 0 Å². The SMILES string of the molecule is O=CN1CCN(C(=O)c2ccc(Nc3cccc(Cl)c3Cl)nn2)CC1. The molecule has 7 nitrogen and oxygen atoms in total. The average molecular weight is 380 g/mol. The van der Waals surface area contributed by atoms with Crippen molar-refractivity contribution in [3.05, 3.63) is 46.1 Å². The van der Waals surface area contributed by atoms with Crippen LogP contribution in [-0.2, 0) is 4.79 Å². The quantitative estimate of drug-likeness (QED) is 0.825. The first-order valence-electron chi connectivity index (χ1n) is 7.62. The van der Waals surface area contributed by atoms with Crippen molar-refractivity contribution in [3.8, 4) is 0 Å². The average Bonchev–Trinajstić information content (AvgIpc) is 2.65.